The van der Waals surface area contributed by atoms with Crippen molar-refractivity contribution in [3.63, 3.8) is 0 Å². The summed E-state index contributed by atoms with van der Waals surface area (Å²) in [6.07, 6.45) is 2.58. The minimum absolute atomic E-state index is 0.0683. The number of carbonyl (C=O) groups excluding carboxylic acids is 1. The first kappa shape index (κ1) is 9.63. The molecule has 4 heteroatoms. The number of aromatic nitrogens is 1. The molecule has 2 heterocycles. The van der Waals surface area contributed by atoms with Crippen LogP contribution in [0, 0.1) is 12.8 Å². The van der Waals surface area contributed by atoms with Crippen LogP contribution in [0.4, 0.5) is 11.5 Å². The van der Waals surface area contributed by atoms with E-state index in [1.807, 2.05) is 19.1 Å². The predicted molar refractivity (Wildman–Crippen MR) is 62.5 cm³/mol. The summed E-state index contributed by atoms with van der Waals surface area (Å²) in [6, 6.07) is 3.87. The van der Waals surface area contributed by atoms with Gasteiger partial charge in [-0.15, -0.1) is 0 Å². The molecular weight excluding hydrogens is 202 g/mol. The van der Waals surface area contributed by atoms with Crippen LogP contribution in [0.15, 0.2) is 12.1 Å². The molecule has 1 aromatic rings. The first-order valence-corrected chi connectivity index (χ1v) is 5.75. The van der Waals surface area contributed by atoms with Crippen molar-refractivity contribution in [3.8, 4) is 0 Å². The van der Waals surface area contributed by atoms with Crippen molar-refractivity contribution in [3.05, 3.63) is 17.8 Å². The predicted octanol–water partition coefficient (Wildman–Crippen LogP) is 1.56. The van der Waals surface area contributed by atoms with Gasteiger partial charge in [0.05, 0.1) is 12.2 Å². The highest BCUT2D eigenvalue weighted by molar-refractivity contribution is 6.00. The zero-order valence-corrected chi connectivity index (χ0v) is 9.36. The Morgan fingerprint density at radius 2 is 2.31 bits per heavy atom. The second kappa shape index (κ2) is 3.47. The lowest BCUT2D eigenvalue weighted by Crippen LogP contribution is -2.40. The van der Waals surface area contributed by atoms with Crippen LogP contribution >= 0.6 is 0 Å². The SMILES string of the molecule is Cc1ccc2c(n1)N(CC1CC1)CC(=O)N2. The fraction of sp³-hybridized carbons (Fsp3) is 0.500. The van der Waals surface area contributed by atoms with Crippen LogP contribution < -0.4 is 10.2 Å². The van der Waals surface area contributed by atoms with Gasteiger partial charge in [0.15, 0.2) is 5.82 Å². The third-order valence-corrected chi connectivity index (χ3v) is 3.10. The summed E-state index contributed by atoms with van der Waals surface area (Å²) in [5.41, 5.74) is 1.85. The van der Waals surface area contributed by atoms with Crippen molar-refractivity contribution < 1.29 is 4.79 Å². The van der Waals surface area contributed by atoms with Gasteiger partial charge in [-0.3, -0.25) is 4.79 Å². The van der Waals surface area contributed by atoms with Gasteiger partial charge >= 0.3 is 0 Å². The maximum absolute atomic E-state index is 11.5. The van der Waals surface area contributed by atoms with Gasteiger partial charge in [0.2, 0.25) is 5.91 Å². The average Bonchev–Trinajstić information content (AvgIpc) is 3.03. The van der Waals surface area contributed by atoms with Crippen LogP contribution in [-0.4, -0.2) is 24.0 Å². The summed E-state index contributed by atoms with van der Waals surface area (Å²) in [5, 5.41) is 2.87. The first-order chi connectivity index (χ1) is 7.72. The fourth-order valence-corrected chi connectivity index (χ4v) is 2.08. The molecule has 1 aliphatic heterocycles. The molecule has 0 radical (unpaired) electrons. The zero-order valence-electron chi connectivity index (χ0n) is 9.36. The van der Waals surface area contributed by atoms with Gasteiger partial charge in [0.1, 0.15) is 0 Å². The number of rotatable bonds is 2. The standard InChI is InChI=1S/C12H15N3O/c1-8-2-5-10-12(13-8)15(6-9-3-4-9)7-11(16)14-10/h2,5,9H,3-4,6-7H2,1H3,(H,14,16). The Balaban J connectivity index is 1.94. The van der Waals surface area contributed by atoms with E-state index in [4.69, 9.17) is 0 Å². The number of nitrogens with one attached hydrogen (secondary N) is 1. The van der Waals surface area contributed by atoms with Crippen LogP contribution in [0.2, 0.25) is 0 Å². The molecule has 1 N–H and O–H groups in total. The van der Waals surface area contributed by atoms with Crippen LogP contribution in [0.3, 0.4) is 0 Å². The summed E-state index contributed by atoms with van der Waals surface area (Å²) in [4.78, 5) is 18.2. The Labute approximate surface area is 94.7 Å². The molecule has 1 amide bonds. The van der Waals surface area contributed by atoms with E-state index in [0.717, 1.165) is 29.7 Å². The van der Waals surface area contributed by atoms with E-state index in [-0.39, 0.29) is 5.91 Å². The number of pyridine rings is 1. The van der Waals surface area contributed by atoms with E-state index in [9.17, 15) is 4.79 Å². The lowest BCUT2D eigenvalue weighted by molar-refractivity contribution is -0.115. The highest BCUT2D eigenvalue weighted by atomic mass is 16.2. The van der Waals surface area contributed by atoms with Crippen molar-refractivity contribution in [2.24, 2.45) is 5.92 Å². The molecular formula is C12H15N3O. The van der Waals surface area contributed by atoms with Gasteiger partial charge in [-0.25, -0.2) is 4.98 Å². The summed E-state index contributed by atoms with van der Waals surface area (Å²) in [6.45, 7) is 3.39. The second-order valence-corrected chi connectivity index (χ2v) is 4.70. The minimum atomic E-state index is 0.0683. The Morgan fingerprint density at radius 1 is 1.50 bits per heavy atom. The molecule has 84 valence electrons. The zero-order chi connectivity index (χ0) is 11.1. The van der Waals surface area contributed by atoms with Crippen LogP contribution in [0.1, 0.15) is 18.5 Å². The number of amides is 1. The smallest absolute Gasteiger partial charge is 0.244 e. The molecule has 1 aliphatic carbocycles. The van der Waals surface area contributed by atoms with Crippen molar-refractivity contribution in [1.29, 1.82) is 0 Å². The van der Waals surface area contributed by atoms with Gasteiger partial charge < -0.3 is 10.2 Å². The second-order valence-electron chi connectivity index (χ2n) is 4.70. The monoisotopic (exact) mass is 217 g/mol. The number of carbonyl (C=O) groups is 1. The lowest BCUT2D eigenvalue weighted by Gasteiger charge is -2.29. The fourth-order valence-electron chi connectivity index (χ4n) is 2.08. The van der Waals surface area contributed by atoms with E-state index in [1.54, 1.807) is 0 Å². The van der Waals surface area contributed by atoms with Gasteiger partial charge in [-0.2, -0.15) is 0 Å². The van der Waals surface area contributed by atoms with Gasteiger partial charge in [0.25, 0.3) is 0 Å². The summed E-state index contributed by atoms with van der Waals surface area (Å²) >= 11 is 0. The highest BCUT2D eigenvalue weighted by Gasteiger charge is 2.29. The third-order valence-electron chi connectivity index (χ3n) is 3.10. The normalized spacial score (nSPS) is 19.3. The highest BCUT2D eigenvalue weighted by Crippen LogP contribution is 2.34. The topological polar surface area (TPSA) is 45.2 Å². The van der Waals surface area contributed by atoms with Crippen molar-refractivity contribution in [1.82, 2.24) is 4.98 Å². The minimum Gasteiger partial charge on any atom is -0.345 e. The number of aryl methyl sites for hydroxylation is 1. The maximum atomic E-state index is 11.5. The Hall–Kier alpha value is -1.58. The Morgan fingerprint density at radius 3 is 3.06 bits per heavy atom. The van der Waals surface area contributed by atoms with E-state index >= 15 is 0 Å². The number of nitrogens with zero attached hydrogens (tertiary/aromatic N) is 2. The van der Waals surface area contributed by atoms with E-state index in [1.165, 1.54) is 12.8 Å². The molecule has 0 saturated heterocycles. The average molecular weight is 217 g/mol. The molecule has 2 aliphatic rings. The molecule has 4 nitrogen and oxygen atoms in total. The number of anilines is 2. The van der Waals surface area contributed by atoms with E-state index in [2.05, 4.69) is 15.2 Å². The molecule has 0 aromatic carbocycles. The van der Waals surface area contributed by atoms with Crippen molar-refractivity contribution in [2.75, 3.05) is 23.3 Å². The van der Waals surface area contributed by atoms with Gasteiger partial charge in [0, 0.05) is 12.2 Å². The molecule has 0 bridgehead atoms. The lowest BCUT2D eigenvalue weighted by atomic mass is 10.2. The molecule has 0 spiro atoms. The van der Waals surface area contributed by atoms with Gasteiger partial charge in [-0.1, -0.05) is 0 Å². The summed E-state index contributed by atoms with van der Waals surface area (Å²) in [7, 11) is 0. The summed E-state index contributed by atoms with van der Waals surface area (Å²) in [5.74, 6) is 1.77. The first-order valence-electron chi connectivity index (χ1n) is 5.75. The van der Waals surface area contributed by atoms with E-state index in [0.29, 0.717) is 6.54 Å². The molecule has 1 aromatic heterocycles. The summed E-state index contributed by atoms with van der Waals surface area (Å²) < 4.78 is 0. The maximum Gasteiger partial charge on any atom is 0.244 e. The molecule has 16 heavy (non-hydrogen) atoms. The molecule has 3 rings (SSSR count). The largest absolute Gasteiger partial charge is 0.345 e. The van der Waals surface area contributed by atoms with Crippen LogP contribution in [0.5, 0.6) is 0 Å². The van der Waals surface area contributed by atoms with Crippen LogP contribution in [-0.2, 0) is 4.79 Å². The Bertz CT molecular complexity index is 440. The third kappa shape index (κ3) is 1.75. The van der Waals surface area contributed by atoms with Crippen molar-refractivity contribution in [2.45, 2.75) is 19.8 Å². The van der Waals surface area contributed by atoms with Crippen molar-refractivity contribution >= 4 is 17.4 Å². The molecule has 0 atom stereocenters. The number of hydrogen-bond donors (Lipinski definition) is 1. The quantitative estimate of drug-likeness (QED) is 0.817. The number of hydrogen-bond acceptors (Lipinski definition) is 3. The molecule has 1 saturated carbocycles. The van der Waals surface area contributed by atoms with Crippen LogP contribution in [0.25, 0.3) is 0 Å². The Kier molecular flexibility index (Phi) is 2.09. The van der Waals surface area contributed by atoms with E-state index < -0.39 is 0 Å². The van der Waals surface area contributed by atoms with Gasteiger partial charge in [-0.05, 0) is 37.8 Å². The molecule has 0 unspecified atom stereocenters. The number of fused-ring (bicyclic) bond motifs is 1. The molecule has 1 fully saturated rings.